The minimum atomic E-state index is -0.0552. The topological polar surface area (TPSA) is 27.0 Å². The maximum absolute atomic E-state index is 9.13. The fraction of sp³-hybridized carbons (Fsp3) is 0.824. The highest BCUT2D eigenvalue weighted by Crippen LogP contribution is 2.30. The lowest BCUT2D eigenvalue weighted by Gasteiger charge is -2.34. The van der Waals surface area contributed by atoms with Crippen molar-refractivity contribution in [3.63, 3.8) is 0 Å². The van der Waals surface area contributed by atoms with E-state index in [1.54, 1.807) is 5.57 Å². The first kappa shape index (κ1) is 14.6. The molecule has 0 aromatic rings. The summed E-state index contributed by atoms with van der Waals surface area (Å²) in [5, 5.41) is 9.13. The van der Waals surface area contributed by atoms with Gasteiger partial charge in [0.05, 0.1) is 11.5 Å². The van der Waals surface area contributed by atoms with E-state index in [2.05, 4.69) is 24.0 Å². The summed E-state index contributed by atoms with van der Waals surface area (Å²) in [4.78, 5) is 2.55. The summed E-state index contributed by atoms with van der Waals surface area (Å²) >= 11 is 0. The SMILES string of the molecule is CC1(C#N)CCN(CCCC2=CCCCCC2)CC1. The van der Waals surface area contributed by atoms with Crippen molar-refractivity contribution < 1.29 is 0 Å². The first-order valence-electron chi connectivity index (χ1n) is 8.03. The van der Waals surface area contributed by atoms with Gasteiger partial charge in [-0.3, -0.25) is 0 Å². The molecule has 1 aliphatic heterocycles. The number of piperidine rings is 1. The van der Waals surface area contributed by atoms with Crippen molar-refractivity contribution in [1.82, 2.24) is 4.90 Å². The number of likely N-dealkylation sites (tertiary alicyclic amines) is 1. The van der Waals surface area contributed by atoms with Crippen molar-refractivity contribution in [1.29, 1.82) is 5.26 Å². The Labute approximate surface area is 118 Å². The predicted molar refractivity (Wildman–Crippen MR) is 79.8 cm³/mol. The number of nitrogens with zero attached hydrogens (tertiary/aromatic N) is 2. The summed E-state index contributed by atoms with van der Waals surface area (Å²) in [5.74, 6) is 0. The van der Waals surface area contributed by atoms with E-state index in [9.17, 15) is 0 Å². The van der Waals surface area contributed by atoms with E-state index in [0.29, 0.717) is 0 Å². The molecule has 2 rings (SSSR count). The molecule has 0 bridgehead atoms. The number of hydrogen-bond acceptors (Lipinski definition) is 2. The standard InChI is InChI=1S/C17H28N2/c1-17(15-18)10-13-19(14-11-17)12-6-9-16-7-4-2-3-5-8-16/h7H,2-6,8-14H2,1H3. The molecule has 0 unspecified atom stereocenters. The van der Waals surface area contributed by atoms with Crippen LogP contribution < -0.4 is 0 Å². The lowest BCUT2D eigenvalue weighted by molar-refractivity contribution is 0.155. The smallest absolute Gasteiger partial charge is 0.0687 e. The predicted octanol–water partition coefficient (Wildman–Crippen LogP) is 4.28. The summed E-state index contributed by atoms with van der Waals surface area (Å²) in [6, 6.07) is 2.48. The van der Waals surface area contributed by atoms with Crippen LogP contribution in [-0.2, 0) is 0 Å². The molecule has 2 heteroatoms. The molecule has 0 saturated carbocycles. The number of nitriles is 1. The highest BCUT2D eigenvalue weighted by molar-refractivity contribution is 5.03. The monoisotopic (exact) mass is 260 g/mol. The molecule has 19 heavy (non-hydrogen) atoms. The van der Waals surface area contributed by atoms with E-state index in [1.807, 2.05) is 0 Å². The molecule has 0 aromatic carbocycles. The van der Waals surface area contributed by atoms with Crippen LogP contribution in [0.2, 0.25) is 0 Å². The van der Waals surface area contributed by atoms with Crippen molar-refractivity contribution in [2.75, 3.05) is 19.6 Å². The van der Waals surface area contributed by atoms with Crippen LogP contribution in [0.1, 0.15) is 64.7 Å². The summed E-state index contributed by atoms with van der Waals surface area (Å²) < 4.78 is 0. The van der Waals surface area contributed by atoms with E-state index in [-0.39, 0.29) is 5.41 Å². The third kappa shape index (κ3) is 4.66. The van der Waals surface area contributed by atoms with Crippen LogP contribution in [0.25, 0.3) is 0 Å². The molecular weight excluding hydrogens is 232 g/mol. The minimum Gasteiger partial charge on any atom is -0.303 e. The highest BCUT2D eigenvalue weighted by Gasteiger charge is 2.29. The van der Waals surface area contributed by atoms with Crippen molar-refractivity contribution >= 4 is 0 Å². The molecule has 1 heterocycles. The van der Waals surface area contributed by atoms with E-state index >= 15 is 0 Å². The van der Waals surface area contributed by atoms with Gasteiger partial charge in [0.25, 0.3) is 0 Å². The van der Waals surface area contributed by atoms with Gasteiger partial charge in [-0.1, -0.05) is 18.1 Å². The molecule has 0 N–H and O–H groups in total. The molecule has 1 aliphatic carbocycles. The minimum absolute atomic E-state index is 0.0552. The largest absolute Gasteiger partial charge is 0.303 e. The third-order valence-electron chi connectivity index (χ3n) is 4.84. The maximum atomic E-state index is 9.13. The Morgan fingerprint density at radius 1 is 1.26 bits per heavy atom. The number of hydrogen-bond donors (Lipinski definition) is 0. The zero-order valence-corrected chi connectivity index (χ0v) is 12.5. The normalized spacial score (nSPS) is 24.3. The average Bonchev–Trinajstić information content (AvgIpc) is 2.70. The Bertz CT molecular complexity index is 343. The summed E-state index contributed by atoms with van der Waals surface area (Å²) in [6.45, 7) is 5.56. The molecule has 2 nitrogen and oxygen atoms in total. The molecule has 2 aliphatic rings. The summed E-state index contributed by atoms with van der Waals surface area (Å²) in [7, 11) is 0. The van der Waals surface area contributed by atoms with Gasteiger partial charge >= 0.3 is 0 Å². The number of rotatable bonds is 4. The molecule has 0 spiro atoms. The molecule has 0 radical (unpaired) electrons. The van der Waals surface area contributed by atoms with Crippen molar-refractivity contribution in [2.45, 2.75) is 64.7 Å². The molecular formula is C17H28N2. The van der Waals surface area contributed by atoms with Gasteiger partial charge in [-0.25, -0.2) is 0 Å². The lowest BCUT2D eigenvalue weighted by Crippen LogP contribution is -2.38. The Kier molecular flexibility index (Phi) is 5.45. The van der Waals surface area contributed by atoms with Gasteiger partial charge in [-0.15, -0.1) is 0 Å². The van der Waals surface area contributed by atoms with Gasteiger partial charge in [-0.05, 0) is 77.9 Å². The van der Waals surface area contributed by atoms with E-state index in [0.717, 1.165) is 25.9 Å². The van der Waals surface area contributed by atoms with Gasteiger partial charge in [0.15, 0.2) is 0 Å². The maximum Gasteiger partial charge on any atom is 0.0687 e. The van der Waals surface area contributed by atoms with Gasteiger partial charge in [-0.2, -0.15) is 5.26 Å². The van der Waals surface area contributed by atoms with Gasteiger partial charge < -0.3 is 4.90 Å². The fourth-order valence-electron chi connectivity index (χ4n) is 3.22. The van der Waals surface area contributed by atoms with Crippen LogP contribution in [0.4, 0.5) is 0 Å². The van der Waals surface area contributed by atoms with Crippen LogP contribution >= 0.6 is 0 Å². The molecule has 106 valence electrons. The second-order valence-electron chi connectivity index (χ2n) is 6.58. The second-order valence-corrected chi connectivity index (χ2v) is 6.58. The van der Waals surface area contributed by atoms with E-state index < -0.39 is 0 Å². The first-order chi connectivity index (χ1) is 9.22. The molecule has 0 amide bonds. The molecule has 0 aromatic heterocycles. The van der Waals surface area contributed by atoms with E-state index in [4.69, 9.17) is 5.26 Å². The van der Waals surface area contributed by atoms with Gasteiger partial charge in [0.1, 0.15) is 0 Å². The van der Waals surface area contributed by atoms with Crippen molar-refractivity contribution in [3.8, 4) is 6.07 Å². The molecule has 1 saturated heterocycles. The van der Waals surface area contributed by atoms with Crippen molar-refractivity contribution in [3.05, 3.63) is 11.6 Å². The lowest BCUT2D eigenvalue weighted by atomic mass is 9.82. The summed E-state index contributed by atoms with van der Waals surface area (Å²) in [5.41, 5.74) is 1.65. The van der Waals surface area contributed by atoms with E-state index in [1.165, 1.54) is 51.5 Å². The number of allylic oxidation sites excluding steroid dienone is 2. The third-order valence-corrected chi connectivity index (χ3v) is 4.84. The van der Waals surface area contributed by atoms with Gasteiger partial charge in [0.2, 0.25) is 0 Å². The van der Waals surface area contributed by atoms with Crippen LogP contribution in [-0.4, -0.2) is 24.5 Å². The van der Waals surface area contributed by atoms with Crippen LogP contribution in [0.5, 0.6) is 0 Å². The zero-order valence-electron chi connectivity index (χ0n) is 12.5. The van der Waals surface area contributed by atoms with Crippen LogP contribution in [0, 0.1) is 16.7 Å². The zero-order chi connectivity index (χ0) is 13.6. The average molecular weight is 260 g/mol. The Morgan fingerprint density at radius 3 is 2.79 bits per heavy atom. The fourth-order valence-corrected chi connectivity index (χ4v) is 3.22. The highest BCUT2D eigenvalue weighted by atomic mass is 15.1. The quantitative estimate of drug-likeness (QED) is 0.705. The van der Waals surface area contributed by atoms with Gasteiger partial charge in [0, 0.05) is 0 Å². The Morgan fingerprint density at radius 2 is 2.05 bits per heavy atom. The summed E-state index contributed by atoms with van der Waals surface area (Å²) in [6.07, 6.45) is 14.0. The van der Waals surface area contributed by atoms with Crippen LogP contribution in [0.3, 0.4) is 0 Å². The Balaban J connectivity index is 1.64. The second kappa shape index (κ2) is 7.10. The Hall–Kier alpha value is -0.810. The molecule has 0 atom stereocenters. The molecule has 1 fully saturated rings. The van der Waals surface area contributed by atoms with Crippen LogP contribution in [0.15, 0.2) is 11.6 Å². The first-order valence-corrected chi connectivity index (χ1v) is 8.03. The van der Waals surface area contributed by atoms with Crippen molar-refractivity contribution in [2.24, 2.45) is 5.41 Å².